The molecule has 0 aromatic carbocycles. The first-order valence-electron chi connectivity index (χ1n) is 33.6. The van der Waals surface area contributed by atoms with E-state index in [-0.39, 0.29) is 12.5 Å². The van der Waals surface area contributed by atoms with Crippen molar-refractivity contribution in [1.82, 2.24) is 5.32 Å². The van der Waals surface area contributed by atoms with Gasteiger partial charge in [-0.1, -0.05) is 309 Å². The molecule has 1 saturated heterocycles. The van der Waals surface area contributed by atoms with Crippen molar-refractivity contribution in [2.24, 2.45) is 0 Å². The second-order valence-corrected chi connectivity index (χ2v) is 24.8. The van der Waals surface area contributed by atoms with Crippen LogP contribution in [0.25, 0.3) is 0 Å². The van der Waals surface area contributed by atoms with Gasteiger partial charge in [0.05, 0.1) is 25.4 Å². The second kappa shape index (κ2) is 55.1. The number of carbonyl (C=O) groups excluding carboxylic acids is 1. The standard InChI is InChI=1S/C65H127NO11S/c1-3-5-7-9-11-13-15-17-19-21-22-23-24-25-26-27-28-29-30-31-32-33-34-35-36-37-38-39-41-43-45-47-49-51-53-55-61(69)66-58(57-75-65-63(71)64(77-78(72,73)74)62(70)60(56-67)76-65)59(68)54-52-50-48-46-44-42-40-20-18-16-14-12-10-8-6-4-2/h27-28,58-60,62-65,67-68,70-71H,3-26,29-57H2,1-2H3,(H,66,69)(H,72,73,74)/b28-27-. The third kappa shape index (κ3) is 46.3. The maximum atomic E-state index is 13.2. The Morgan fingerprint density at radius 1 is 0.500 bits per heavy atom. The molecule has 7 atom stereocenters. The van der Waals surface area contributed by atoms with Gasteiger partial charge in [0.1, 0.15) is 24.4 Å². The van der Waals surface area contributed by atoms with Crippen LogP contribution in [0.5, 0.6) is 0 Å². The lowest BCUT2D eigenvalue weighted by molar-refractivity contribution is -0.298. The van der Waals surface area contributed by atoms with Crippen LogP contribution >= 0.6 is 0 Å². The number of unbranched alkanes of at least 4 members (excludes halogenated alkanes) is 46. The van der Waals surface area contributed by atoms with Gasteiger partial charge in [0.2, 0.25) is 5.91 Å². The van der Waals surface area contributed by atoms with Gasteiger partial charge in [-0.2, -0.15) is 8.42 Å². The van der Waals surface area contributed by atoms with Crippen LogP contribution in [0.1, 0.15) is 341 Å². The highest BCUT2D eigenvalue weighted by Gasteiger charge is 2.48. The number of rotatable bonds is 60. The van der Waals surface area contributed by atoms with E-state index in [1.165, 1.54) is 263 Å². The Hall–Kier alpha value is -1.16. The molecule has 0 spiro atoms. The molecule has 1 fully saturated rings. The van der Waals surface area contributed by atoms with E-state index in [1.54, 1.807) is 0 Å². The van der Waals surface area contributed by atoms with Gasteiger partial charge in [-0.25, -0.2) is 4.18 Å². The van der Waals surface area contributed by atoms with Gasteiger partial charge in [-0.15, -0.1) is 0 Å². The average molecular weight is 1130 g/mol. The zero-order chi connectivity index (χ0) is 56.8. The Balaban J connectivity index is 2.18. The van der Waals surface area contributed by atoms with Crippen LogP contribution in [0.2, 0.25) is 0 Å². The zero-order valence-corrected chi connectivity index (χ0v) is 51.6. The van der Waals surface area contributed by atoms with Crippen LogP contribution in [0.3, 0.4) is 0 Å². The summed E-state index contributed by atoms with van der Waals surface area (Å²) in [5.41, 5.74) is 0. The van der Waals surface area contributed by atoms with Gasteiger partial charge in [0, 0.05) is 6.42 Å². The number of amides is 1. The van der Waals surface area contributed by atoms with E-state index in [9.17, 15) is 38.2 Å². The number of nitrogens with one attached hydrogen (secondary N) is 1. The lowest BCUT2D eigenvalue weighted by Crippen LogP contribution is -2.61. The van der Waals surface area contributed by atoms with Crippen molar-refractivity contribution in [3.05, 3.63) is 12.2 Å². The van der Waals surface area contributed by atoms with Crippen LogP contribution < -0.4 is 5.32 Å². The van der Waals surface area contributed by atoms with E-state index in [4.69, 9.17) is 9.47 Å². The van der Waals surface area contributed by atoms with Crippen molar-refractivity contribution in [1.29, 1.82) is 0 Å². The third-order valence-corrected chi connectivity index (χ3v) is 16.8. The summed E-state index contributed by atoms with van der Waals surface area (Å²) in [6.07, 6.45) is 59.7. The van der Waals surface area contributed by atoms with Crippen molar-refractivity contribution in [3.63, 3.8) is 0 Å². The molecule has 0 radical (unpaired) electrons. The monoisotopic (exact) mass is 1130 g/mol. The highest BCUT2D eigenvalue weighted by atomic mass is 32.3. The first-order chi connectivity index (χ1) is 38.0. The number of hydrogen-bond donors (Lipinski definition) is 6. The molecule has 1 rings (SSSR count). The maximum Gasteiger partial charge on any atom is 0.397 e. The minimum Gasteiger partial charge on any atom is -0.394 e. The summed E-state index contributed by atoms with van der Waals surface area (Å²) in [6.45, 7) is 3.51. The number of aliphatic hydroxyl groups excluding tert-OH is 4. The highest BCUT2D eigenvalue weighted by molar-refractivity contribution is 7.80. The summed E-state index contributed by atoms with van der Waals surface area (Å²) in [7, 11) is -5.08. The van der Waals surface area contributed by atoms with Crippen LogP contribution in [0, 0.1) is 0 Å². The lowest BCUT2D eigenvalue weighted by Gasteiger charge is -2.41. The van der Waals surface area contributed by atoms with Gasteiger partial charge < -0.3 is 35.2 Å². The smallest absolute Gasteiger partial charge is 0.394 e. The molecule has 78 heavy (non-hydrogen) atoms. The predicted octanol–water partition coefficient (Wildman–Crippen LogP) is 17.0. The second-order valence-electron chi connectivity index (χ2n) is 23.8. The minimum absolute atomic E-state index is 0.223. The number of ether oxygens (including phenoxy) is 2. The summed E-state index contributed by atoms with van der Waals surface area (Å²) >= 11 is 0. The van der Waals surface area contributed by atoms with E-state index in [1.807, 2.05) is 0 Å². The quantitative estimate of drug-likeness (QED) is 0.0193. The molecule has 464 valence electrons. The number of allylic oxidation sites excluding steroid dienone is 2. The molecule has 1 aliphatic heterocycles. The van der Waals surface area contributed by atoms with E-state index < -0.39 is 59.9 Å². The molecule has 12 nitrogen and oxygen atoms in total. The van der Waals surface area contributed by atoms with Crippen LogP contribution in [0.15, 0.2) is 12.2 Å². The summed E-state index contributed by atoms with van der Waals surface area (Å²) in [5, 5.41) is 45.2. The summed E-state index contributed by atoms with van der Waals surface area (Å²) in [5.74, 6) is -0.223. The van der Waals surface area contributed by atoms with E-state index in [2.05, 4.69) is 35.5 Å². The molecule has 0 aliphatic carbocycles. The van der Waals surface area contributed by atoms with Gasteiger partial charge in [0.25, 0.3) is 0 Å². The van der Waals surface area contributed by atoms with Gasteiger partial charge in [-0.05, 0) is 38.5 Å². The summed E-state index contributed by atoms with van der Waals surface area (Å²) in [4.78, 5) is 13.2. The van der Waals surface area contributed by atoms with Crippen LogP contribution in [-0.4, -0.2) is 95.4 Å². The summed E-state index contributed by atoms with van der Waals surface area (Å²) in [6, 6.07) is -0.855. The first-order valence-corrected chi connectivity index (χ1v) is 34.9. The molecule has 0 aromatic rings. The molecule has 6 N–H and O–H groups in total. The molecule has 13 heteroatoms. The van der Waals surface area contributed by atoms with Crippen molar-refractivity contribution >= 4 is 16.3 Å². The SMILES string of the molecule is CCCCCCCCCCCCCCCC/C=C\CCCCCCCCCCCCCCCCCCCC(=O)NC(COC1OC(CO)C(O)C(OS(=O)(=O)O)C1O)C(O)CCCCCCCCCCCCCCCCCC. The highest BCUT2D eigenvalue weighted by Crippen LogP contribution is 2.27. The lowest BCUT2D eigenvalue weighted by atomic mass is 9.99. The first kappa shape index (κ1) is 74.9. The molecule has 1 heterocycles. The molecule has 0 saturated carbocycles. The van der Waals surface area contributed by atoms with Gasteiger partial charge >= 0.3 is 10.4 Å². The molecule has 1 aliphatic rings. The van der Waals surface area contributed by atoms with E-state index in [0.29, 0.717) is 12.8 Å². The predicted molar refractivity (Wildman–Crippen MR) is 324 cm³/mol. The van der Waals surface area contributed by atoms with Crippen molar-refractivity contribution in [2.45, 2.75) is 384 Å². The molecule has 0 bridgehead atoms. The van der Waals surface area contributed by atoms with E-state index >= 15 is 0 Å². The Bertz CT molecular complexity index is 1420. The molecular formula is C65H127NO11S. The zero-order valence-electron chi connectivity index (χ0n) is 50.8. The topological polar surface area (TPSA) is 192 Å². The third-order valence-electron chi connectivity index (χ3n) is 16.3. The van der Waals surface area contributed by atoms with Crippen LogP contribution in [0.4, 0.5) is 0 Å². The Morgan fingerprint density at radius 3 is 1.15 bits per heavy atom. The average Bonchev–Trinajstić information content (AvgIpc) is 3.44. The van der Waals surface area contributed by atoms with Crippen molar-refractivity contribution in [3.8, 4) is 0 Å². The Morgan fingerprint density at radius 2 is 0.821 bits per heavy atom. The fourth-order valence-electron chi connectivity index (χ4n) is 11.2. The molecular weight excluding hydrogens is 1000 g/mol. The largest absolute Gasteiger partial charge is 0.397 e. The maximum absolute atomic E-state index is 13.2. The van der Waals surface area contributed by atoms with Crippen molar-refractivity contribution in [2.75, 3.05) is 13.2 Å². The number of carbonyl (C=O) groups is 1. The summed E-state index contributed by atoms with van der Waals surface area (Å²) < 4.78 is 48.0. The molecule has 0 aromatic heterocycles. The molecule has 7 unspecified atom stereocenters. The number of hydrogen-bond acceptors (Lipinski definition) is 10. The normalized spacial score (nSPS) is 18.8. The minimum atomic E-state index is -5.08. The Labute approximate surface area is 480 Å². The van der Waals surface area contributed by atoms with Crippen molar-refractivity contribution < 1.29 is 51.8 Å². The van der Waals surface area contributed by atoms with Gasteiger partial charge in [-0.3, -0.25) is 9.35 Å². The van der Waals surface area contributed by atoms with E-state index in [0.717, 1.165) is 51.4 Å². The van der Waals surface area contributed by atoms with Crippen LogP contribution in [-0.2, 0) is 28.9 Å². The van der Waals surface area contributed by atoms with Gasteiger partial charge in [0.15, 0.2) is 6.29 Å². The number of aliphatic hydroxyl groups is 4. The fraction of sp³-hybridized carbons (Fsp3) is 0.954. The molecule has 1 amide bonds. The Kier molecular flexibility index (Phi) is 52.8. The fourth-order valence-corrected chi connectivity index (χ4v) is 11.7.